The third kappa shape index (κ3) is 6.63. The number of benzene rings is 4. The largest absolute Gasteiger partial charge is 0.323 e. The van der Waals surface area contributed by atoms with Gasteiger partial charge in [-0.2, -0.15) is 0 Å². The predicted molar refractivity (Wildman–Crippen MR) is 156 cm³/mol. The van der Waals surface area contributed by atoms with Gasteiger partial charge in [-0.05, 0) is 60.7 Å². The van der Waals surface area contributed by atoms with E-state index in [1.54, 1.807) is 97.1 Å². The van der Waals surface area contributed by atoms with E-state index in [0.29, 0.717) is 44.1 Å². The molecule has 0 atom stereocenters. The van der Waals surface area contributed by atoms with E-state index >= 15 is 0 Å². The number of para-hydroxylation sites is 4. The Kier molecular flexibility index (Phi) is 7.40. The first-order valence-corrected chi connectivity index (χ1v) is 12.1. The summed E-state index contributed by atoms with van der Waals surface area (Å²) < 4.78 is 0. The highest BCUT2D eigenvalue weighted by atomic mass is 16.2. The molecule has 200 valence electrons. The van der Waals surface area contributed by atoms with Gasteiger partial charge in [-0.1, -0.05) is 36.4 Å². The summed E-state index contributed by atoms with van der Waals surface area (Å²) in [5, 5.41) is 0. The highest BCUT2D eigenvalue weighted by Crippen LogP contribution is 2.04. The fourth-order valence-corrected chi connectivity index (χ4v) is 3.89. The average Bonchev–Trinajstić information content (AvgIpc) is 2.91. The Morgan fingerprint density at radius 1 is 0.300 bits per heavy atom. The van der Waals surface area contributed by atoms with E-state index in [9.17, 15) is 19.2 Å². The number of nitrogens with one attached hydrogen (secondary N) is 8. The number of H-pyrrole nitrogens is 8. The molecule has 1 heterocycles. The van der Waals surface area contributed by atoms with Gasteiger partial charge in [0, 0.05) is 22.1 Å². The van der Waals surface area contributed by atoms with E-state index in [2.05, 4.69) is 39.9 Å². The Balaban J connectivity index is 1.90. The minimum absolute atomic E-state index is 0.358. The van der Waals surface area contributed by atoms with Crippen LogP contribution in [0, 0.1) is 0 Å². The molecule has 0 amide bonds. The molecule has 0 saturated heterocycles. The van der Waals surface area contributed by atoms with Crippen molar-refractivity contribution in [1.29, 1.82) is 0 Å². The molecule has 0 unspecified atom stereocenters. The van der Waals surface area contributed by atoms with Crippen LogP contribution in [0.25, 0.3) is 44.1 Å². The van der Waals surface area contributed by atoms with Crippen molar-refractivity contribution >= 4 is 44.1 Å². The number of aromatic amines is 8. The van der Waals surface area contributed by atoms with Gasteiger partial charge in [-0.25, -0.2) is 19.2 Å². The Morgan fingerprint density at radius 2 is 0.550 bits per heavy atom. The summed E-state index contributed by atoms with van der Waals surface area (Å²) in [5.74, 6) is 0. The van der Waals surface area contributed by atoms with E-state index in [0.717, 1.165) is 0 Å². The monoisotopic (exact) mass is 536 g/mol. The Bertz CT molecular complexity index is 1930. The third-order valence-corrected chi connectivity index (χ3v) is 5.60. The van der Waals surface area contributed by atoms with Crippen LogP contribution >= 0.6 is 0 Å². The molecule has 1 aromatic heterocycles. The van der Waals surface area contributed by atoms with Crippen LogP contribution < -0.4 is 22.8 Å². The van der Waals surface area contributed by atoms with Gasteiger partial charge in [-0.15, -0.1) is 0 Å². The molecule has 0 aliphatic rings. The van der Waals surface area contributed by atoms with Crippen molar-refractivity contribution in [1.82, 2.24) is 39.9 Å². The van der Waals surface area contributed by atoms with Crippen molar-refractivity contribution in [2.24, 2.45) is 0 Å². The van der Waals surface area contributed by atoms with Gasteiger partial charge in [0.15, 0.2) is 0 Å². The van der Waals surface area contributed by atoms with Gasteiger partial charge in [0.25, 0.3) is 0 Å². The van der Waals surface area contributed by atoms with Crippen molar-refractivity contribution in [3.63, 3.8) is 0 Å². The zero-order valence-corrected chi connectivity index (χ0v) is 20.9. The molecular weight excluding hydrogens is 512 g/mol. The van der Waals surface area contributed by atoms with Crippen molar-refractivity contribution < 1.29 is 0 Å². The van der Waals surface area contributed by atoms with Gasteiger partial charge in [0.1, 0.15) is 0 Å². The molecule has 5 rings (SSSR count). The van der Waals surface area contributed by atoms with E-state index in [1.807, 2.05) is 0 Å². The number of hydrogen-bond acceptors (Lipinski definition) is 4. The molecule has 4 aromatic carbocycles. The van der Waals surface area contributed by atoms with Gasteiger partial charge in [-0.3, -0.25) is 0 Å². The highest BCUT2D eigenvalue weighted by Gasteiger charge is 1.93. The van der Waals surface area contributed by atoms with Gasteiger partial charge in [0.05, 0.1) is 22.1 Å². The Hall–Kier alpha value is -6.04. The molecular formula is C28H24N8O4. The summed E-state index contributed by atoms with van der Waals surface area (Å²) in [5.41, 5.74) is 0.881. The van der Waals surface area contributed by atoms with Crippen LogP contribution in [0.5, 0.6) is 0 Å². The lowest BCUT2D eigenvalue weighted by Gasteiger charge is -1.94. The van der Waals surface area contributed by atoms with Crippen LogP contribution in [0.4, 0.5) is 0 Å². The third-order valence-electron chi connectivity index (χ3n) is 5.60. The van der Waals surface area contributed by atoms with Crippen LogP contribution in [0.1, 0.15) is 0 Å². The quantitative estimate of drug-likeness (QED) is 0.150. The van der Waals surface area contributed by atoms with Crippen LogP contribution in [0.2, 0.25) is 0 Å². The van der Waals surface area contributed by atoms with E-state index < -0.39 is 22.8 Å². The summed E-state index contributed by atoms with van der Waals surface area (Å²) in [7, 11) is 0. The molecule has 0 fully saturated rings. The number of aromatic nitrogens is 8. The SMILES string of the molecule is O=c1[nH]c2cccc(c2)[nH]c(=O)[nH]c2ccccc2[nH]c(=O)[nH]c2cccc(c2)[nH]c(=O)[nH]c2ccccc2[nH]1. The van der Waals surface area contributed by atoms with E-state index in [4.69, 9.17) is 0 Å². The highest BCUT2D eigenvalue weighted by molar-refractivity contribution is 5.73. The van der Waals surface area contributed by atoms with Gasteiger partial charge in [0.2, 0.25) is 0 Å². The van der Waals surface area contributed by atoms with Crippen molar-refractivity contribution in [2.45, 2.75) is 0 Å². The summed E-state index contributed by atoms with van der Waals surface area (Å²) >= 11 is 0. The lowest BCUT2D eigenvalue weighted by Crippen LogP contribution is -2.10. The Morgan fingerprint density at radius 3 is 0.800 bits per heavy atom. The molecule has 0 saturated carbocycles. The summed E-state index contributed by atoms with van der Waals surface area (Å²) in [6, 6.07) is 26.5. The zero-order chi connectivity index (χ0) is 27.9. The van der Waals surface area contributed by atoms with Crippen LogP contribution in [-0.4, -0.2) is 39.9 Å². The Labute approximate surface area is 223 Å². The standard InChI is InChI=1S/C28H24N8O4/c37-25-29-17-7-5-9-19(15-17)31-27(39)35-23-13-3-4-14-24(23)36-28(40)32-20-10-6-8-18(16-20)30-26(38)34-22-12-2-1-11-21(22)33-25/h1-16H,(H2,29,33,37)(H2,30,34,38)(H2,31,35,39)(H2,32,36,40). The van der Waals surface area contributed by atoms with E-state index in [1.165, 1.54) is 0 Å². The molecule has 5 aromatic rings. The maximum atomic E-state index is 12.7. The molecule has 0 aliphatic carbocycles. The first-order chi connectivity index (χ1) is 19.4. The smallest absolute Gasteiger partial charge is 0.308 e. The average molecular weight is 537 g/mol. The number of fused-ring (bicyclic) bond motifs is 6. The summed E-state index contributed by atoms with van der Waals surface area (Å²) in [6.07, 6.45) is 0. The fourth-order valence-electron chi connectivity index (χ4n) is 3.89. The van der Waals surface area contributed by atoms with Crippen molar-refractivity contribution in [2.75, 3.05) is 0 Å². The second kappa shape index (κ2) is 11.6. The predicted octanol–water partition coefficient (Wildman–Crippen LogP) is 3.42. The lowest BCUT2D eigenvalue weighted by molar-refractivity contribution is 1.13. The summed E-state index contributed by atoms with van der Waals surface area (Å²) in [4.78, 5) is 72.6. The second-order valence-corrected chi connectivity index (χ2v) is 8.57. The zero-order valence-electron chi connectivity index (χ0n) is 20.9. The van der Waals surface area contributed by atoms with Gasteiger partial charge >= 0.3 is 22.8 Å². The lowest BCUT2D eigenvalue weighted by atomic mass is 10.3. The second-order valence-electron chi connectivity index (χ2n) is 8.57. The van der Waals surface area contributed by atoms with Gasteiger partial charge < -0.3 is 39.9 Å². The number of rotatable bonds is 0. The first kappa shape index (κ1) is 25.6. The molecule has 8 N–H and O–H groups in total. The molecule has 0 radical (unpaired) electrons. The number of hydrogen-bond donors (Lipinski definition) is 8. The molecule has 0 spiro atoms. The molecule has 12 nitrogen and oxygen atoms in total. The topological polar surface area (TPSA) is 195 Å². The molecule has 12 heteroatoms. The van der Waals surface area contributed by atoms with E-state index in [-0.39, 0.29) is 0 Å². The molecule has 4 bridgehead atoms. The fraction of sp³-hybridized carbons (Fsp3) is 0. The van der Waals surface area contributed by atoms with Crippen LogP contribution in [0.15, 0.2) is 116 Å². The van der Waals surface area contributed by atoms with Crippen LogP contribution in [-0.2, 0) is 0 Å². The minimum atomic E-state index is -0.554. The maximum Gasteiger partial charge on any atom is 0.323 e. The summed E-state index contributed by atoms with van der Waals surface area (Å²) in [6.45, 7) is 0. The maximum absolute atomic E-state index is 12.7. The molecule has 0 aliphatic heterocycles. The minimum Gasteiger partial charge on any atom is -0.308 e. The first-order valence-electron chi connectivity index (χ1n) is 12.1. The van der Waals surface area contributed by atoms with Crippen molar-refractivity contribution in [3.8, 4) is 0 Å². The van der Waals surface area contributed by atoms with Crippen molar-refractivity contribution in [3.05, 3.63) is 139 Å². The normalized spacial score (nSPS) is 10.4. The molecule has 40 heavy (non-hydrogen) atoms. The van der Waals surface area contributed by atoms with Crippen LogP contribution in [0.3, 0.4) is 0 Å².